The molecular weight excluding hydrogens is 438 g/mol. The number of rotatable bonds is 7. The fraction of sp³-hybridized carbons (Fsp3) is 0.231. The van der Waals surface area contributed by atoms with Crippen molar-refractivity contribution < 1.29 is 33.1 Å². The topological polar surface area (TPSA) is 103 Å². The number of nitrogens with zero attached hydrogens (tertiary/aromatic N) is 1. The van der Waals surface area contributed by atoms with Crippen molar-refractivity contribution in [2.45, 2.75) is 20.3 Å². The van der Waals surface area contributed by atoms with Crippen LogP contribution in [0.15, 0.2) is 65.3 Å². The largest absolute Gasteiger partial charge is 0.457 e. The molecule has 8 heteroatoms. The molecule has 0 bridgehead atoms. The third-order valence-electron chi connectivity index (χ3n) is 5.62. The number of hydrogen-bond donors (Lipinski definition) is 0. The van der Waals surface area contributed by atoms with Crippen LogP contribution in [-0.4, -0.2) is 36.8 Å². The molecule has 1 amide bonds. The Morgan fingerprint density at radius 2 is 1.71 bits per heavy atom. The maximum Gasteiger partial charge on any atom is 0.379 e. The quantitative estimate of drug-likeness (QED) is 0.299. The van der Waals surface area contributed by atoms with E-state index in [4.69, 9.17) is 13.9 Å². The van der Waals surface area contributed by atoms with Gasteiger partial charge >= 0.3 is 11.9 Å². The highest BCUT2D eigenvalue weighted by molar-refractivity contribution is 6.01. The van der Waals surface area contributed by atoms with Gasteiger partial charge in [-0.15, -0.1) is 0 Å². The summed E-state index contributed by atoms with van der Waals surface area (Å²) in [5.41, 5.74) is 3.02. The van der Waals surface area contributed by atoms with Crippen LogP contribution in [0, 0.1) is 19.8 Å². The van der Waals surface area contributed by atoms with E-state index >= 15 is 0 Å². The van der Waals surface area contributed by atoms with E-state index < -0.39 is 30.2 Å². The Bertz CT molecular complexity index is 1210. The number of amides is 1. The average molecular weight is 461 g/mol. The maximum absolute atomic E-state index is 12.5. The minimum absolute atomic E-state index is 0.0382. The summed E-state index contributed by atoms with van der Waals surface area (Å²) >= 11 is 0. The first-order valence-electron chi connectivity index (χ1n) is 10.8. The van der Waals surface area contributed by atoms with E-state index in [0.29, 0.717) is 5.56 Å². The highest BCUT2D eigenvalue weighted by Gasteiger charge is 2.37. The summed E-state index contributed by atoms with van der Waals surface area (Å²) < 4.78 is 15.4. The standard InChI is InChI=1S/C26H23NO7/c1-16-5-3-6-17(2)24(16)27-14-19(13-23(27)29)25(30)33-15-21(28)18-8-10-20(11-9-18)34-26(31)22-7-4-12-32-22/h3-12,19H,13-15H2,1-2H3/t19-/m0/s1. The summed E-state index contributed by atoms with van der Waals surface area (Å²) in [6.07, 6.45) is 1.40. The second-order valence-corrected chi connectivity index (χ2v) is 8.07. The molecule has 2 heterocycles. The van der Waals surface area contributed by atoms with E-state index in [-0.39, 0.29) is 30.4 Å². The Morgan fingerprint density at radius 1 is 1.00 bits per heavy atom. The smallest absolute Gasteiger partial charge is 0.379 e. The molecule has 1 fully saturated rings. The van der Waals surface area contributed by atoms with Crippen molar-refractivity contribution in [2.24, 2.45) is 5.92 Å². The SMILES string of the molecule is Cc1cccc(C)c1N1C[C@@H](C(=O)OCC(=O)c2ccc(OC(=O)c3ccco3)cc2)CC1=O. The average Bonchev–Trinajstić information content (AvgIpc) is 3.48. The number of ether oxygens (including phenoxy) is 2. The molecule has 0 spiro atoms. The second kappa shape index (κ2) is 9.74. The van der Waals surface area contributed by atoms with Crippen LogP contribution < -0.4 is 9.64 Å². The number of benzene rings is 2. The van der Waals surface area contributed by atoms with Crippen LogP contribution in [0.25, 0.3) is 0 Å². The fourth-order valence-corrected chi connectivity index (χ4v) is 3.91. The maximum atomic E-state index is 12.5. The monoisotopic (exact) mass is 461 g/mol. The minimum atomic E-state index is -0.654. The van der Waals surface area contributed by atoms with Gasteiger partial charge in [0.1, 0.15) is 5.75 Å². The number of carbonyl (C=O) groups excluding carboxylic acids is 4. The lowest BCUT2D eigenvalue weighted by atomic mass is 10.1. The molecule has 1 aromatic heterocycles. The number of ketones is 1. The molecule has 34 heavy (non-hydrogen) atoms. The number of carbonyl (C=O) groups is 4. The molecular formula is C26H23NO7. The molecule has 1 saturated heterocycles. The summed E-state index contributed by atoms with van der Waals surface area (Å²) in [6.45, 7) is 3.61. The van der Waals surface area contributed by atoms with E-state index in [1.807, 2.05) is 32.0 Å². The second-order valence-electron chi connectivity index (χ2n) is 8.07. The summed E-state index contributed by atoms with van der Waals surface area (Å²) in [5.74, 6) is -2.13. The third-order valence-corrected chi connectivity index (χ3v) is 5.62. The lowest BCUT2D eigenvalue weighted by molar-refractivity contribution is -0.147. The Morgan fingerprint density at radius 3 is 2.35 bits per heavy atom. The van der Waals surface area contributed by atoms with Crippen molar-refractivity contribution in [2.75, 3.05) is 18.1 Å². The molecule has 4 rings (SSSR count). The molecule has 1 aliphatic rings. The van der Waals surface area contributed by atoms with Crippen LogP contribution in [0.4, 0.5) is 5.69 Å². The van der Waals surface area contributed by atoms with Crippen LogP contribution in [0.1, 0.15) is 38.5 Å². The van der Waals surface area contributed by atoms with E-state index in [0.717, 1.165) is 16.8 Å². The molecule has 1 aliphatic heterocycles. The van der Waals surface area contributed by atoms with Gasteiger partial charge in [-0.05, 0) is 61.4 Å². The number of anilines is 1. The first-order chi connectivity index (χ1) is 16.3. The van der Waals surface area contributed by atoms with E-state index in [1.54, 1.807) is 11.0 Å². The lowest BCUT2D eigenvalue weighted by Crippen LogP contribution is -2.28. The number of aryl methyl sites for hydroxylation is 2. The zero-order valence-electron chi connectivity index (χ0n) is 18.8. The van der Waals surface area contributed by atoms with Crippen molar-refractivity contribution in [3.05, 3.63) is 83.3 Å². The zero-order chi connectivity index (χ0) is 24.2. The van der Waals surface area contributed by atoms with Gasteiger partial charge in [0.2, 0.25) is 11.7 Å². The summed E-state index contributed by atoms with van der Waals surface area (Å²) in [4.78, 5) is 51.1. The van der Waals surface area contributed by atoms with Crippen LogP contribution in [0.2, 0.25) is 0 Å². The number of Topliss-reactive ketones (excluding diaryl/α,β-unsaturated/α-hetero) is 1. The molecule has 3 aromatic rings. The Kier molecular flexibility index (Phi) is 6.58. The van der Waals surface area contributed by atoms with Gasteiger partial charge in [0.05, 0.1) is 12.2 Å². The predicted octanol–water partition coefficient (Wildman–Crippen LogP) is 3.89. The number of hydrogen-bond acceptors (Lipinski definition) is 7. The van der Waals surface area contributed by atoms with Crippen LogP contribution in [-0.2, 0) is 14.3 Å². The van der Waals surface area contributed by atoms with E-state index in [2.05, 4.69) is 0 Å². The molecule has 0 aliphatic carbocycles. The van der Waals surface area contributed by atoms with Crippen molar-refractivity contribution in [1.82, 2.24) is 0 Å². The van der Waals surface area contributed by atoms with Gasteiger partial charge in [0, 0.05) is 24.2 Å². The zero-order valence-corrected chi connectivity index (χ0v) is 18.8. The molecule has 2 aromatic carbocycles. The molecule has 0 radical (unpaired) electrons. The molecule has 0 saturated carbocycles. The predicted molar refractivity (Wildman–Crippen MR) is 122 cm³/mol. The fourth-order valence-electron chi connectivity index (χ4n) is 3.91. The number of para-hydroxylation sites is 1. The van der Waals surface area contributed by atoms with Crippen molar-refractivity contribution in [3.63, 3.8) is 0 Å². The van der Waals surface area contributed by atoms with Gasteiger partial charge in [0.25, 0.3) is 0 Å². The van der Waals surface area contributed by atoms with Crippen LogP contribution in [0.3, 0.4) is 0 Å². The highest BCUT2D eigenvalue weighted by atomic mass is 16.5. The van der Waals surface area contributed by atoms with Crippen molar-refractivity contribution >= 4 is 29.3 Å². The molecule has 174 valence electrons. The highest BCUT2D eigenvalue weighted by Crippen LogP contribution is 2.31. The van der Waals surface area contributed by atoms with Gasteiger partial charge in [-0.25, -0.2) is 4.79 Å². The van der Waals surface area contributed by atoms with Crippen molar-refractivity contribution in [3.8, 4) is 5.75 Å². The Hall–Kier alpha value is -4.20. The first-order valence-corrected chi connectivity index (χ1v) is 10.8. The van der Waals surface area contributed by atoms with Gasteiger partial charge in [0.15, 0.2) is 12.4 Å². The normalized spacial score (nSPS) is 15.3. The van der Waals surface area contributed by atoms with Crippen LogP contribution >= 0.6 is 0 Å². The van der Waals surface area contributed by atoms with Crippen molar-refractivity contribution in [1.29, 1.82) is 0 Å². The molecule has 0 N–H and O–H groups in total. The van der Waals surface area contributed by atoms with Gasteiger partial charge < -0.3 is 18.8 Å². The van der Waals surface area contributed by atoms with Gasteiger partial charge in [-0.3, -0.25) is 14.4 Å². The van der Waals surface area contributed by atoms with Gasteiger partial charge in [-0.1, -0.05) is 18.2 Å². The molecule has 0 unspecified atom stereocenters. The summed E-state index contributed by atoms with van der Waals surface area (Å²) in [6, 6.07) is 14.7. The van der Waals surface area contributed by atoms with Crippen LogP contribution in [0.5, 0.6) is 5.75 Å². The first kappa shape index (κ1) is 23.0. The number of furan rings is 1. The summed E-state index contributed by atoms with van der Waals surface area (Å²) in [7, 11) is 0. The third kappa shape index (κ3) is 4.91. The van der Waals surface area contributed by atoms with E-state index in [1.165, 1.54) is 36.6 Å². The minimum Gasteiger partial charge on any atom is -0.457 e. The lowest BCUT2D eigenvalue weighted by Gasteiger charge is -2.21. The summed E-state index contributed by atoms with van der Waals surface area (Å²) in [5, 5.41) is 0. The Labute approximate surface area is 196 Å². The molecule has 8 nitrogen and oxygen atoms in total. The molecule has 1 atom stereocenters. The Balaban J connectivity index is 1.31. The van der Waals surface area contributed by atoms with E-state index in [9.17, 15) is 19.2 Å². The number of esters is 2. The van der Waals surface area contributed by atoms with Gasteiger partial charge in [-0.2, -0.15) is 0 Å².